The summed E-state index contributed by atoms with van der Waals surface area (Å²) in [4.78, 5) is 24.4. The predicted molar refractivity (Wildman–Crippen MR) is 118 cm³/mol. The van der Waals surface area contributed by atoms with E-state index in [0.29, 0.717) is 30.0 Å². The molecule has 0 heterocycles. The molecule has 0 saturated heterocycles. The second-order valence-electron chi connectivity index (χ2n) is 5.60. The fraction of sp³-hybridized carbons (Fsp3) is 0.211. The number of hydrogen-bond acceptors (Lipinski definition) is 4. The van der Waals surface area contributed by atoms with Gasteiger partial charge in [-0.15, -0.1) is 0 Å². The van der Waals surface area contributed by atoms with Crippen molar-refractivity contribution in [2.45, 2.75) is 6.42 Å². The molecule has 0 fully saturated rings. The van der Waals surface area contributed by atoms with Crippen LogP contribution in [0.5, 0.6) is 0 Å². The number of methoxy groups -OCH3 is 1. The zero-order valence-corrected chi connectivity index (χ0v) is 17.7. The molecule has 0 aliphatic rings. The molecule has 2 amide bonds. The second kappa shape index (κ2) is 11.0. The zero-order chi connectivity index (χ0) is 19.6. The van der Waals surface area contributed by atoms with Crippen molar-refractivity contribution in [3.63, 3.8) is 0 Å². The Balaban J connectivity index is 1.92. The van der Waals surface area contributed by atoms with Crippen molar-refractivity contribution >= 4 is 57.4 Å². The summed E-state index contributed by atoms with van der Waals surface area (Å²) in [6.07, 6.45) is 0.745. The van der Waals surface area contributed by atoms with Crippen molar-refractivity contribution in [2.24, 2.45) is 0 Å². The van der Waals surface area contributed by atoms with Gasteiger partial charge in [-0.1, -0.05) is 12.1 Å². The van der Waals surface area contributed by atoms with Gasteiger partial charge in [0.25, 0.3) is 11.8 Å². The maximum absolute atomic E-state index is 12.2. The molecular formula is C19H20IN3O3S. The molecule has 0 aliphatic carbocycles. The summed E-state index contributed by atoms with van der Waals surface area (Å²) < 4.78 is 5.91. The lowest BCUT2D eigenvalue weighted by molar-refractivity contribution is 0.0946. The fourth-order valence-corrected chi connectivity index (χ4v) is 2.98. The minimum atomic E-state index is -0.293. The highest BCUT2D eigenvalue weighted by Gasteiger charge is 2.10. The van der Waals surface area contributed by atoms with E-state index in [2.05, 4.69) is 38.5 Å². The van der Waals surface area contributed by atoms with Crippen molar-refractivity contribution < 1.29 is 14.3 Å². The molecule has 0 spiro atoms. The largest absolute Gasteiger partial charge is 0.385 e. The first kappa shape index (κ1) is 21.3. The lowest BCUT2D eigenvalue weighted by Crippen LogP contribution is -2.34. The molecule has 3 N–H and O–H groups in total. The van der Waals surface area contributed by atoms with E-state index in [1.165, 1.54) is 0 Å². The summed E-state index contributed by atoms with van der Waals surface area (Å²) in [7, 11) is 1.62. The number of carbonyl (C=O) groups is 2. The molecule has 0 bridgehead atoms. The molecule has 0 aliphatic heterocycles. The van der Waals surface area contributed by atoms with Gasteiger partial charge in [-0.05, 0) is 77.6 Å². The summed E-state index contributed by atoms with van der Waals surface area (Å²) in [6, 6.07) is 14.1. The van der Waals surface area contributed by atoms with Crippen LogP contribution in [-0.2, 0) is 4.74 Å². The maximum Gasteiger partial charge on any atom is 0.257 e. The molecule has 6 nitrogen and oxygen atoms in total. The Hall–Kier alpha value is -2.04. The topological polar surface area (TPSA) is 79.5 Å². The lowest BCUT2D eigenvalue weighted by Gasteiger charge is -2.11. The average Bonchev–Trinajstić information content (AvgIpc) is 2.65. The highest BCUT2D eigenvalue weighted by atomic mass is 127. The van der Waals surface area contributed by atoms with Gasteiger partial charge < -0.3 is 15.4 Å². The summed E-state index contributed by atoms with van der Waals surface area (Å²) in [5.74, 6) is -0.471. The highest BCUT2D eigenvalue weighted by molar-refractivity contribution is 14.1. The number of benzene rings is 2. The van der Waals surface area contributed by atoms with E-state index in [-0.39, 0.29) is 16.9 Å². The fourth-order valence-electron chi connectivity index (χ4n) is 2.23. The van der Waals surface area contributed by atoms with E-state index in [0.717, 1.165) is 9.99 Å². The van der Waals surface area contributed by atoms with Crippen LogP contribution in [0.3, 0.4) is 0 Å². The molecule has 0 radical (unpaired) electrons. The number of ether oxygens (including phenoxy) is 1. The van der Waals surface area contributed by atoms with Crippen LogP contribution in [-0.4, -0.2) is 37.2 Å². The number of thiocarbonyl (C=S) groups is 1. The summed E-state index contributed by atoms with van der Waals surface area (Å²) >= 11 is 7.34. The Labute approximate surface area is 177 Å². The molecule has 142 valence electrons. The van der Waals surface area contributed by atoms with Crippen LogP contribution < -0.4 is 16.0 Å². The first-order valence-corrected chi connectivity index (χ1v) is 9.73. The average molecular weight is 497 g/mol. The molecule has 2 rings (SSSR count). The van der Waals surface area contributed by atoms with Gasteiger partial charge >= 0.3 is 0 Å². The molecule has 0 unspecified atom stereocenters. The van der Waals surface area contributed by atoms with Crippen LogP contribution >= 0.6 is 34.8 Å². The molecule has 0 atom stereocenters. The van der Waals surface area contributed by atoms with Crippen molar-refractivity contribution in [3.8, 4) is 0 Å². The van der Waals surface area contributed by atoms with E-state index in [1.807, 2.05) is 12.1 Å². The van der Waals surface area contributed by atoms with Gasteiger partial charge in [0, 0.05) is 40.6 Å². The minimum Gasteiger partial charge on any atom is -0.385 e. The number of rotatable bonds is 7. The maximum atomic E-state index is 12.2. The van der Waals surface area contributed by atoms with Gasteiger partial charge in [-0.25, -0.2) is 0 Å². The van der Waals surface area contributed by atoms with Gasteiger partial charge in [-0.2, -0.15) is 0 Å². The third-order valence-electron chi connectivity index (χ3n) is 3.51. The van der Waals surface area contributed by atoms with Gasteiger partial charge in [-0.3, -0.25) is 14.9 Å². The minimum absolute atomic E-state index is 0.163. The molecule has 27 heavy (non-hydrogen) atoms. The van der Waals surface area contributed by atoms with Crippen molar-refractivity contribution in [1.82, 2.24) is 10.6 Å². The Kier molecular flexibility index (Phi) is 8.62. The second-order valence-corrected chi connectivity index (χ2v) is 7.26. The monoisotopic (exact) mass is 497 g/mol. The Morgan fingerprint density at radius 1 is 1.07 bits per heavy atom. The van der Waals surface area contributed by atoms with Crippen molar-refractivity contribution in [3.05, 3.63) is 63.2 Å². The molecule has 2 aromatic carbocycles. The van der Waals surface area contributed by atoms with Crippen LogP contribution in [0, 0.1) is 3.57 Å². The molecular weight excluding hydrogens is 477 g/mol. The van der Waals surface area contributed by atoms with Gasteiger partial charge in [0.15, 0.2) is 5.11 Å². The molecule has 8 heteroatoms. The summed E-state index contributed by atoms with van der Waals surface area (Å²) in [5.41, 5.74) is 1.65. The van der Waals surface area contributed by atoms with E-state index < -0.39 is 0 Å². The predicted octanol–water partition coefficient (Wildman–Crippen LogP) is 3.18. The first-order chi connectivity index (χ1) is 13.0. The standard InChI is InChI=1S/C19H20IN3O3S/c1-26-10-4-9-21-17(24)14-6-3-8-16(12-14)22-19(27)23-18(25)13-5-2-7-15(20)11-13/h2-3,5-8,11-12H,4,9-10H2,1H3,(H,21,24)(H2,22,23,25,27). The number of halogens is 1. The van der Waals surface area contributed by atoms with Crippen molar-refractivity contribution in [1.29, 1.82) is 0 Å². The third kappa shape index (κ3) is 7.24. The van der Waals surface area contributed by atoms with Crippen LogP contribution in [0.1, 0.15) is 27.1 Å². The summed E-state index contributed by atoms with van der Waals surface area (Å²) in [6.45, 7) is 1.13. The van der Waals surface area contributed by atoms with Gasteiger partial charge in [0.1, 0.15) is 0 Å². The van der Waals surface area contributed by atoms with Crippen LogP contribution in [0.4, 0.5) is 5.69 Å². The molecule has 0 aromatic heterocycles. The van der Waals surface area contributed by atoms with Gasteiger partial charge in [0.2, 0.25) is 0 Å². The normalized spacial score (nSPS) is 10.1. The van der Waals surface area contributed by atoms with E-state index in [9.17, 15) is 9.59 Å². The quantitative estimate of drug-likeness (QED) is 0.311. The van der Waals surface area contributed by atoms with Gasteiger partial charge in [0.05, 0.1) is 0 Å². The Bertz CT molecular complexity index is 829. The number of hydrogen-bond donors (Lipinski definition) is 3. The number of anilines is 1. The van der Waals surface area contributed by atoms with Crippen LogP contribution in [0.2, 0.25) is 0 Å². The van der Waals surface area contributed by atoms with E-state index in [1.54, 1.807) is 43.5 Å². The number of nitrogens with one attached hydrogen (secondary N) is 3. The Morgan fingerprint density at radius 3 is 2.48 bits per heavy atom. The lowest BCUT2D eigenvalue weighted by atomic mass is 10.2. The van der Waals surface area contributed by atoms with E-state index >= 15 is 0 Å². The van der Waals surface area contributed by atoms with Crippen LogP contribution in [0.25, 0.3) is 0 Å². The van der Waals surface area contributed by atoms with E-state index in [4.69, 9.17) is 17.0 Å². The number of amides is 2. The molecule has 0 saturated carbocycles. The number of carbonyl (C=O) groups excluding carboxylic acids is 2. The zero-order valence-electron chi connectivity index (χ0n) is 14.8. The third-order valence-corrected chi connectivity index (χ3v) is 4.38. The Morgan fingerprint density at radius 2 is 1.78 bits per heavy atom. The SMILES string of the molecule is COCCCNC(=O)c1cccc(NC(=S)NC(=O)c2cccc(I)c2)c1. The van der Waals surface area contributed by atoms with Crippen LogP contribution in [0.15, 0.2) is 48.5 Å². The summed E-state index contributed by atoms with van der Waals surface area (Å²) in [5, 5.41) is 8.55. The molecule has 2 aromatic rings. The smallest absolute Gasteiger partial charge is 0.257 e. The highest BCUT2D eigenvalue weighted by Crippen LogP contribution is 2.11. The first-order valence-electron chi connectivity index (χ1n) is 8.24. The van der Waals surface area contributed by atoms with Crippen molar-refractivity contribution in [2.75, 3.05) is 25.6 Å².